The molecule has 0 unspecified atom stereocenters. The first-order valence-corrected chi connectivity index (χ1v) is 16.7. The molecule has 0 atom stereocenters. The summed E-state index contributed by atoms with van der Waals surface area (Å²) in [7, 11) is 0. The van der Waals surface area contributed by atoms with Gasteiger partial charge in [0.2, 0.25) is 0 Å². The van der Waals surface area contributed by atoms with Crippen LogP contribution in [0.15, 0.2) is 182 Å². The minimum absolute atomic E-state index is 1.24. The monoisotopic (exact) mass is 606 g/mol. The Bertz CT molecular complexity index is 2820. The van der Waals surface area contributed by atoms with Crippen LogP contribution in [0, 0.1) is 0 Å². The van der Waals surface area contributed by atoms with Gasteiger partial charge in [0.05, 0.1) is 0 Å². The van der Waals surface area contributed by atoms with E-state index >= 15 is 0 Å². The van der Waals surface area contributed by atoms with Gasteiger partial charge in [-0.05, 0) is 104 Å². The molecule has 0 saturated heterocycles. The highest BCUT2D eigenvalue weighted by Crippen LogP contribution is 2.47. The van der Waals surface area contributed by atoms with E-state index in [4.69, 9.17) is 0 Å². The molecule has 0 amide bonds. The van der Waals surface area contributed by atoms with Crippen molar-refractivity contribution in [2.75, 3.05) is 0 Å². The first-order chi connectivity index (χ1) is 23.8. The largest absolute Gasteiger partial charge is 0.0622 e. The zero-order valence-corrected chi connectivity index (χ0v) is 26.3. The molecule has 0 nitrogen and oxygen atoms in total. The van der Waals surface area contributed by atoms with E-state index in [0.29, 0.717) is 0 Å². The maximum atomic E-state index is 2.41. The van der Waals surface area contributed by atoms with E-state index in [1.807, 2.05) is 0 Å². The zero-order chi connectivity index (χ0) is 31.6. The number of hydrogen-bond acceptors (Lipinski definition) is 0. The van der Waals surface area contributed by atoms with Crippen LogP contribution < -0.4 is 0 Å². The number of hydrogen-bond donors (Lipinski definition) is 0. The maximum Gasteiger partial charge on any atom is -0.00201 e. The van der Waals surface area contributed by atoms with E-state index in [1.54, 1.807) is 0 Å². The van der Waals surface area contributed by atoms with Crippen molar-refractivity contribution in [2.45, 2.75) is 0 Å². The van der Waals surface area contributed by atoms with Crippen molar-refractivity contribution in [3.63, 3.8) is 0 Å². The van der Waals surface area contributed by atoms with Crippen molar-refractivity contribution in [1.29, 1.82) is 0 Å². The van der Waals surface area contributed by atoms with Crippen LogP contribution in [0.1, 0.15) is 0 Å². The molecule has 10 aromatic carbocycles. The van der Waals surface area contributed by atoms with Crippen LogP contribution in [0.4, 0.5) is 0 Å². The summed E-state index contributed by atoms with van der Waals surface area (Å²) in [5.74, 6) is 0. The first-order valence-electron chi connectivity index (χ1n) is 16.7. The van der Waals surface area contributed by atoms with E-state index < -0.39 is 0 Å². The topological polar surface area (TPSA) is 0 Å². The lowest BCUT2D eigenvalue weighted by molar-refractivity contribution is 1.66. The van der Waals surface area contributed by atoms with E-state index in [-0.39, 0.29) is 0 Å². The van der Waals surface area contributed by atoms with Gasteiger partial charge < -0.3 is 0 Å². The van der Waals surface area contributed by atoms with Crippen molar-refractivity contribution in [1.82, 2.24) is 0 Å². The molecule has 0 saturated carbocycles. The molecule has 0 radical (unpaired) electrons. The molecule has 0 fully saturated rings. The third kappa shape index (κ3) is 3.96. The fourth-order valence-corrected chi connectivity index (χ4v) is 8.19. The van der Waals surface area contributed by atoms with Crippen LogP contribution in [-0.2, 0) is 0 Å². The first kappa shape index (κ1) is 26.9. The van der Waals surface area contributed by atoms with Gasteiger partial charge in [-0.25, -0.2) is 0 Å². The second-order valence-corrected chi connectivity index (χ2v) is 12.8. The summed E-state index contributed by atoms with van der Waals surface area (Å²) in [5, 5.41) is 15.4. The second kappa shape index (κ2) is 10.7. The van der Waals surface area contributed by atoms with Crippen molar-refractivity contribution in [2.24, 2.45) is 0 Å². The van der Waals surface area contributed by atoms with Gasteiger partial charge in [0.1, 0.15) is 0 Å². The van der Waals surface area contributed by atoms with Gasteiger partial charge in [-0.3, -0.25) is 0 Å². The average molecular weight is 607 g/mol. The minimum atomic E-state index is 1.24. The SMILES string of the molecule is c1ccc(-c2c3ccccc3c(-c3ccc(-c4cc5ccc6ccccc6c5c5ccccc45)c4ccccc34)c3ccccc23)cc1. The summed E-state index contributed by atoms with van der Waals surface area (Å²) >= 11 is 0. The van der Waals surface area contributed by atoms with Crippen molar-refractivity contribution in [3.8, 4) is 33.4 Å². The van der Waals surface area contributed by atoms with E-state index in [0.717, 1.165) is 0 Å². The van der Waals surface area contributed by atoms with Crippen LogP contribution in [-0.4, -0.2) is 0 Å². The lowest BCUT2D eigenvalue weighted by Crippen LogP contribution is -1.93. The molecule has 0 aliphatic rings. The van der Waals surface area contributed by atoms with Crippen molar-refractivity contribution in [3.05, 3.63) is 182 Å². The van der Waals surface area contributed by atoms with Crippen LogP contribution in [0.25, 0.3) is 98.0 Å². The smallest absolute Gasteiger partial charge is 0.00201 e. The summed E-state index contributed by atoms with van der Waals surface area (Å²) in [4.78, 5) is 0. The Labute approximate surface area is 279 Å². The Balaban J connectivity index is 1.29. The molecule has 0 heterocycles. The Morgan fingerprint density at radius 2 is 0.667 bits per heavy atom. The Kier molecular flexibility index (Phi) is 5.98. The highest BCUT2D eigenvalue weighted by atomic mass is 14.2. The number of rotatable bonds is 3. The molecule has 0 N–H and O–H groups in total. The lowest BCUT2D eigenvalue weighted by Gasteiger charge is -2.20. The van der Waals surface area contributed by atoms with Crippen molar-refractivity contribution >= 4 is 64.6 Å². The minimum Gasteiger partial charge on any atom is -0.0622 e. The summed E-state index contributed by atoms with van der Waals surface area (Å²) in [6.07, 6.45) is 0. The third-order valence-corrected chi connectivity index (χ3v) is 10.2. The van der Waals surface area contributed by atoms with E-state index in [9.17, 15) is 0 Å². The molecule has 0 spiro atoms. The molecule has 10 rings (SSSR count). The Morgan fingerprint density at radius 1 is 0.229 bits per heavy atom. The summed E-state index contributed by atoms with van der Waals surface area (Å²) in [6, 6.07) is 67.0. The fraction of sp³-hybridized carbons (Fsp3) is 0. The standard InChI is InChI=1S/C48H30/c1-2-15-32(16-3-1)46-40-22-10-12-24-42(40)48(43-25-13-11-23-41(43)46)44-29-28-38(35-18-6-7-19-36(35)44)45-30-33-27-26-31-14-4-5-17-34(31)47(33)39-21-9-8-20-37(39)45/h1-30H. The highest BCUT2D eigenvalue weighted by molar-refractivity contribution is 6.26. The molecule has 0 aliphatic carbocycles. The summed E-state index contributed by atoms with van der Waals surface area (Å²) in [5.41, 5.74) is 7.62. The maximum absolute atomic E-state index is 2.41. The molecular weight excluding hydrogens is 577 g/mol. The normalized spacial score (nSPS) is 11.8. The molecule has 0 aromatic heterocycles. The zero-order valence-electron chi connectivity index (χ0n) is 26.3. The molecule has 0 aliphatic heterocycles. The van der Waals surface area contributed by atoms with Crippen LogP contribution in [0.2, 0.25) is 0 Å². The van der Waals surface area contributed by atoms with Crippen molar-refractivity contribution < 1.29 is 0 Å². The number of fused-ring (bicyclic) bond motifs is 8. The van der Waals surface area contributed by atoms with Crippen LogP contribution in [0.3, 0.4) is 0 Å². The highest BCUT2D eigenvalue weighted by Gasteiger charge is 2.20. The van der Waals surface area contributed by atoms with Gasteiger partial charge in [-0.1, -0.05) is 176 Å². The van der Waals surface area contributed by atoms with Gasteiger partial charge >= 0.3 is 0 Å². The lowest BCUT2D eigenvalue weighted by atomic mass is 9.83. The second-order valence-electron chi connectivity index (χ2n) is 12.8. The van der Waals surface area contributed by atoms with Gasteiger partial charge in [-0.15, -0.1) is 0 Å². The van der Waals surface area contributed by atoms with Crippen LogP contribution >= 0.6 is 0 Å². The van der Waals surface area contributed by atoms with Gasteiger partial charge in [0.25, 0.3) is 0 Å². The summed E-state index contributed by atoms with van der Waals surface area (Å²) in [6.45, 7) is 0. The molecule has 48 heavy (non-hydrogen) atoms. The quantitative estimate of drug-likeness (QED) is 0.139. The Hall–Kier alpha value is -6.24. The molecule has 10 aromatic rings. The van der Waals surface area contributed by atoms with Gasteiger partial charge in [0, 0.05) is 0 Å². The third-order valence-electron chi connectivity index (χ3n) is 10.2. The molecule has 222 valence electrons. The molecular formula is C48H30. The average Bonchev–Trinajstić information content (AvgIpc) is 3.16. The predicted molar refractivity (Wildman–Crippen MR) is 208 cm³/mol. The van der Waals surface area contributed by atoms with Gasteiger partial charge in [-0.2, -0.15) is 0 Å². The van der Waals surface area contributed by atoms with E-state index in [1.165, 1.54) is 98.0 Å². The number of benzene rings is 10. The Morgan fingerprint density at radius 3 is 1.31 bits per heavy atom. The fourth-order valence-electron chi connectivity index (χ4n) is 8.19. The predicted octanol–water partition coefficient (Wildman–Crippen LogP) is 13.6. The van der Waals surface area contributed by atoms with E-state index in [2.05, 4.69) is 182 Å². The molecule has 0 heteroatoms. The van der Waals surface area contributed by atoms with Gasteiger partial charge in [0.15, 0.2) is 0 Å². The molecule has 0 bridgehead atoms. The van der Waals surface area contributed by atoms with Crippen LogP contribution in [0.5, 0.6) is 0 Å². The summed E-state index contributed by atoms with van der Waals surface area (Å²) < 4.78 is 0.